The van der Waals surface area contributed by atoms with Gasteiger partial charge < -0.3 is 5.11 Å². The van der Waals surface area contributed by atoms with Crippen LogP contribution in [0.3, 0.4) is 0 Å². The Morgan fingerprint density at radius 2 is 1.65 bits per heavy atom. The first-order valence-electron chi connectivity index (χ1n) is 5.90. The van der Waals surface area contributed by atoms with Crippen LogP contribution in [0, 0.1) is 6.92 Å². The average molecular weight is 301 g/mol. The number of aryl methyl sites for hydroxylation is 1. The Bertz CT molecular complexity index is 606. The molecule has 0 saturated heterocycles. The molecule has 0 radical (unpaired) electrons. The molecule has 2 aromatic carbocycles. The second kappa shape index (κ2) is 5.46. The van der Waals surface area contributed by atoms with Gasteiger partial charge in [-0.15, -0.1) is 0 Å². The van der Waals surface area contributed by atoms with Gasteiger partial charge in [0.05, 0.1) is 5.56 Å². The Labute approximate surface area is 119 Å². The summed E-state index contributed by atoms with van der Waals surface area (Å²) in [4.78, 5) is 0. The third kappa shape index (κ3) is 3.14. The topological polar surface area (TPSA) is 20.2 Å². The van der Waals surface area contributed by atoms with Crippen molar-refractivity contribution in [2.24, 2.45) is 0 Å². The lowest BCUT2D eigenvalue weighted by molar-refractivity contribution is -0.137. The molecule has 0 aliphatic carbocycles. The molecule has 1 N–H and O–H groups in total. The van der Waals surface area contributed by atoms with E-state index < -0.39 is 17.8 Å². The molecule has 0 aromatic heterocycles. The number of benzene rings is 2. The number of aliphatic hydroxyl groups excluding tert-OH is 1. The maximum Gasteiger partial charge on any atom is 0.416 e. The summed E-state index contributed by atoms with van der Waals surface area (Å²) in [6, 6.07) is 10.0. The molecule has 106 valence electrons. The molecule has 2 aromatic rings. The molecule has 1 unspecified atom stereocenters. The maximum atomic E-state index is 12.5. The smallest absolute Gasteiger partial charge is 0.384 e. The fraction of sp³-hybridized carbons (Fsp3) is 0.200. The van der Waals surface area contributed by atoms with Gasteiger partial charge in [-0.25, -0.2) is 0 Å². The van der Waals surface area contributed by atoms with Crippen molar-refractivity contribution in [3.63, 3.8) is 0 Å². The molecule has 20 heavy (non-hydrogen) atoms. The number of hydrogen-bond acceptors (Lipinski definition) is 1. The number of aliphatic hydroxyl groups is 1. The van der Waals surface area contributed by atoms with E-state index in [1.807, 2.05) is 19.1 Å². The molecule has 0 amide bonds. The zero-order valence-corrected chi connectivity index (χ0v) is 11.3. The van der Waals surface area contributed by atoms with E-state index in [4.69, 9.17) is 11.6 Å². The quantitative estimate of drug-likeness (QED) is 0.848. The molecular formula is C15H12ClF3O. The van der Waals surface area contributed by atoms with Gasteiger partial charge in [-0.05, 0) is 24.6 Å². The normalized spacial score (nSPS) is 13.3. The second-order valence-corrected chi connectivity index (χ2v) is 4.95. The molecule has 0 aliphatic rings. The van der Waals surface area contributed by atoms with Gasteiger partial charge in [-0.2, -0.15) is 13.2 Å². The van der Waals surface area contributed by atoms with Gasteiger partial charge in [0, 0.05) is 10.6 Å². The van der Waals surface area contributed by atoms with Crippen molar-refractivity contribution in [2.45, 2.75) is 19.2 Å². The molecule has 0 aliphatic heterocycles. The number of alkyl halides is 3. The molecule has 1 nitrogen and oxygen atoms in total. The van der Waals surface area contributed by atoms with Crippen molar-refractivity contribution in [2.75, 3.05) is 0 Å². The Kier molecular flexibility index (Phi) is 4.06. The van der Waals surface area contributed by atoms with Crippen LogP contribution in [0.5, 0.6) is 0 Å². The molecule has 0 bridgehead atoms. The molecule has 5 heteroatoms. The predicted molar refractivity (Wildman–Crippen MR) is 71.7 cm³/mol. The van der Waals surface area contributed by atoms with E-state index >= 15 is 0 Å². The molecular weight excluding hydrogens is 289 g/mol. The highest BCUT2D eigenvalue weighted by Crippen LogP contribution is 2.35. The summed E-state index contributed by atoms with van der Waals surface area (Å²) in [7, 11) is 0. The Hall–Kier alpha value is -1.52. The minimum atomic E-state index is -4.45. The molecule has 2 rings (SSSR count). The second-order valence-electron chi connectivity index (χ2n) is 4.55. The minimum absolute atomic E-state index is 0.104. The fourth-order valence-electron chi connectivity index (χ4n) is 1.85. The third-order valence-corrected chi connectivity index (χ3v) is 3.34. The Morgan fingerprint density at radius 3 is 2.15 bits per heavy atom. The first-order valence-corrected chi connectivity index (χ1v) is 6.28. The summed E-state index contributed by atoms with van der Waals surface area (Å²) in [6.07, 6.45) is -5.50. The lowest BCUT2D eigenvalue weighted by Crippen LogP contribution is -2.07. The van der Waals surface area contributed by atoms with E-state index in [1.54, 1.807) is 12.1 Å². The number of halogens is 4. The number of hydrogen-bond donors (Lipinski definition) is 1. The molecule has 0 fully saturated rings. The lowest BCUT2D eigenvalue weighted by atomic mass is 9.99. The summed E-state index contributed by atoms with van der Waals surface area (Å²) in [5.41, 5.74) is 1.03. The van der Waals surface area contributed by atoms with Crippen LogP contribution in [0.15, 0.2) is 42.5 Å². The van der Waals surface area contributed by atoms with Crippen molar-refractivity contribution in [3.05, 3.63) is 69.7 Å². The minimum Gasteiger partial charge on any atom is -0.384 e. The Morgan fingerprint density at radius 1 is 1.05 bits per heavy atom. The molecule has 0 heterocycles. The van der Waals surface area contributed by atoms with Gasteiger partial charge in [0.15, 0.2) is 0 Å². The van der Waals surface area contributed by atoms with Crippen molar-refractivity contribution < 1.29 is 18.3 Å². The van der Waals surface area contributed by atoms with E-state index in [0.717, 1.165) is 17.7 Å². The van der Waals surface area contributed by atoms with Crippen LogP contribution in [0.25, 0.3) is 0 Å². The zero-order valence-electron chi connectivity index (χ0n) is 10.6. The van der Waals surface area contributed by atoms with E-state index in [1.165, 1.54) is 6.07 Å². The average Bonchev–Trinajstić information content (AvgIpc) is 2.37. The molecule has 0 saturated carbocycles. The monoisotopic (exact) mass is 300 g/mol. The van der Waals surface area contributed by atoms with Crippen LogP contribution in [-0.2, 0) is 6.18 Å². The van der Waals surface area contributed by atoms with Crippen molar-refractivity contribution >= 4 is 11.6 Å². The van der Waals surface area contributed by atoms with Crippen LogP contribution in [0.1, 0.15) is 28.4 Å². The highest BCUT2D eigenvalue weighted by atomic mass is 35.5. The van der Waals surface area contributed by atoms with Crippen molar-refractivity contribution in [1.29, 1.82) is 0 Å². The third-order valence-electron chi connectivity index (χ3n) is 3.02. The lowest BCUT2D eigenvalue weighted by Gasteiger charge is -2.15. The highest BCUT2D eigenvalue weighted by Gasteiger charge is 2.31. The summed E-state index contributed by atoms with van der Waals surface area (Å²) in [5.74, 6) is 0. The SMILES string of the molecule is Cc1ccc(C(O)c2ccc(C(F)(F)F)cc2Cl)cc1. The fourth-order valence-corrected chi connectivity index (χ4v) is 2.14. The van der Waals surface area contributed by atoms with Gasteiger partial charge in [0.2, 0.25) is 0 Å². The van der Waals surface area contributed by atoms with Crippen LogP contribution < -0.4 is 0 Å². The Balaban J connectivity index is 2.36. The molecule has 0 spiro atoms. The van der Waals surface area contributed by atoms with E-state index in [2.05, 4.69) is 0 Å². The maximum absolute atomic E-state index is 12.5. The van der Waals surface area contributed by atoms with Gasteiger partial charge in [0.25, 0.3) is 0 Å². The van der Waals surface area contributed by atoms with Crippen LogP contribution in [-0.4, -0.2) is 5.11 Å². The zero-order chi connectivity index (χ0) is 14.9. The van der Waals surface area contributed by atoms with E-state index in [0.29, 0.717) is 5.56 Å². The summed E-state index contributed by atoms with van der Waals surface area (Å²) >= 11 is 5.85. The summed E-state index contributed by atoms with van der Waals surface area (Å²) < 4.78 is 37.6. The van der Waals surface area contributed by atoms with E-state index in [-0.39, 0.29) is 10.6 Å². The first-order chi connectivity index (χ1) is 9.29. The van der Waals surface area contributed by atoms with Gasteiger partial charge in [-0.3, -0.25) is 0 Å². The van der Waals surface area contributed by atoms with Gasteiger partial charge in [0.1, 0.15) is 6.10 Å². The standard InChI is InChI=1S/C15H12ClF3O/c1-9-2-4-10(5-3-9)14(20)12-7-6-11(8-13(12)16)15(17,18)19/h2-8,14,20H,1H3. The van der Waals surface area contributed by atoms with E-state index in [9.17, 15) is 18.3 Å². The van der Waals surface area contributed by atoms with Crippen LogP contribution in [0.4, 0.5) is 13.2 Å². The highest BCUT2D eigenvalue weighted by molar-refractivity contribution is 6.31. The largest absolute Gasteiger partial charge is 0.416 e. The number of rotatable bonds is 2. The van der Waals surface area contributed by atoms with Gasteiger partial charge in [-0.1, -0.05) is 47.5 Å². The summed E-state index contributed by atoms with van der Waals surface area (Å²) in [6.45, 7) is 1.90. The summed E-state index contributed by atoms with van der Waals surface area (Å²) in [5, 5.41) is 10.1. The first kappa shape index (κ1) is 14.9. The van der Waals surface area contributed by atoms with Crippen LogP contribution >= 0.6 is 11.6 Å². The van der Waals surface area contributed by atoms with Crippen molar-refractivity contribution in [1.82, 2.24) is 0 Å². The molecule has 1 atom stereocenters. The van der Waals surface area contributed by atoms with Crippen LogP contribution in [0.2, 0.25) is 5.02 Å². The van der Waals surface area contributed by atoms with Gasteiger partial charge >= 0.3 is 6.18 Å². The van der Waals surface area contributed by atoms with Crippen molar-refractivity contribution in [3.8, 4) is 0 Å². The predicted octanol–water partition coefficient (Wildman–Crippen LogP) is 4.75.